The van der Waals surface area contributed by atoms with Gasteiger partial charge in [-0.2, -0.15) is 4.98 Å². The van der Waals surface area contributed by atoms with Crippen molar-refractivity contribution in [2.75, 3.05) is 27.0 Å². The third-order valence-corrected chi connectivity index (χ3v) is 3.89. The first-order valence-electron chi connectivity index (χ1n) is 8.60. The van der Waals surface area contributed by atoms with Crippen LogP contribution in [0.5, 0.6) is 0 Å². The summed E-state index contributed by atoms with van der Waals surface area (Å²) >= 11 is 0. The lowest BCUT2D eigenvalue weighted by Gasteiger charge is -2.24. The zero-order chi connectivity index (χ0) is 24.0. The summed E-state index contributed by atoms with van der Waals surface area (Å²) in [6.07, 6.45) is -0.196. The second-order valence-corrected chi connectivity index (χ2v) is 6.12. The molecule has 1 atom stereocenters. The van der Waals surface area contributed by atoms with E-state index in [0.717, 1.165) is 12.3 Å². The lowest BCUT2D eigenvalue weighted by molar-refractivity contribution is -0.140. The molecular weight excluding hydrogens is 435 g/mol. The van der Waals surface area contributed by atoms with Crippen LogP contribution in [0.15, 0.2) is 17.1 Å². The van der Waals surface area contributed by atoms with E-state index in [2.05, 4.69) is 25.6 Å². The smallest absolute Gasteiger partial charge is 0.326 e. The zero-order valence-electron chi connectivity index (χ0n) is 16.0. The fourth-order valence-corrected chi connectivity index (χ4v) is 2.51. The summed E-state index contributed by atoms with van der Waals surface area (Å²) in [5.41, 5.74) is 9.32. The van der Waals surface area contributed by atoms with E-state index in [0.29, 0.717) is 4.90 Å². The summed E-state index contributed by atoms with van der Waals surface area (Å²) in [7, 11) is 0. The SMILES string of the molecule is Nc1nc(N)c(NC(=O)Nc2cnc(N(C=O)[C@@H](CCC(=O)O)C(=O)O)c(F)c2)c(=O)[nH]1. The van der Waals surface area contributed by atoms with E-state index in [1.807, 2.05) is 0 Å². The van der Waals surface area contributed by atoms with Crippen molar-refractivity contribution >= 4 is 53.3 Å². The summed E-state index contributed by atoms with van der Waals surface area (Å²) in [4.78, 5) is 67.0. The number of aromatic amines is 1. The van der Waals surface area contributed by atoms with E-state index in [1.54, 1.807) is 0 Å². The quantitative estimate of drug-likeness (QED) is 0.236. The van der Waals surface area contributed by atoms with Crippen molar-refractivity contribution in [3.8, 4) is 0 Å². The van der Waals surface area contributed by atoms with Gasteiger partial charge in [0.15, 0.2) is 23.1 Å². The van der Waals surface area contributed by atoms with E-state index < -0.39 is 59.7 Å². The maximum absolute atomic E-state index is 14.5. The van der Waals surface area contributed by atoms with Crippen LogP contribution >= 0.6 is 0 Å². The number of hydrogen-bond donors (Lipinski definition) is 7. The fraction of sp³-hybridized carbons (Fsp3) is 0.188. The molecule has 0 spiro atoms. The minimum atomic E-state index is -1.69. The summed E-state index contributed by atoms with van der Waals surface area (Å²) in [5.74, 6) is -5.42. The number of H-pyrrole nitrogens is 1. The average Bonchev–Trinajstić information content (AvgIpc) is 2.68. The minimum Gasteiger partial charge on any atom is -0.481 e. The van der Waals surface area contributed by atoms with Gasteiger partial charge < -0.3 is 27.0 Å². The van der Waals surface area contributed by atoms with E-state index in [4.69, 9.17) is 16.6 Å². The number of anilines is 5. The molecule has 16 heteroatoms. The number of amides is 3. The number of hydrogen-bond acceptors (Lipinski definition) is 9. The molecule has 0 saturated carbocycles. The highest BCUT2D eigenvalue weighted by atomic mass is 19.1. The summed E-state index contributed by atoms with van der Waals surface area (Å²) in [5, 5.41) is 22.2. The van der Waals surface area contributed by atoms with Crippen LogP contribution in [0.1, 0.15) is 12.8 Å². The van der Waals surface area contributed by atoms with Crippen LogP contribution in [-0.2, 0) is 14.4 Å². The van der Waals surface area contributed by atoms with Crippen LogP contribution < -0.4 is 32.6 Å². The molecule has 0 radical (unpaired) electrons. The number of carbonyl (C=O) groups excluding carboxylic acids is 2. The van der Waals surface area contributed by atoms with Crippen LogP contribution in [0.2, 0.25) is 0 Å². The minimum absolute atomic E-state index is 0.00494. The molecule has 0 aliphatic rings. The first-order chi connectivity index (χ1) is 15.0. The molecular formula is C16H17FN8O7. The van der Waals surface area contributed by atoms with Crippen molar-refractivity contribution in [2.24, 2.45) is 0 Å². The molecule has 2 heterocycles. The Balaban J connectivity index is 2.20. The number of nitrogens with one attached hydrogen (secondary N) is 3. The second kappa shape index (κ2) is 9.83. The Bertz CT molecular complexity index is 1120. The number of nitrogen functional groups attached to an aromatic ring is 2. The Morgan fingerprint density at radius 1 is 1.28 bits per heavy atom. The Kier molecular flexibility index (Phi) is 7.22. The van der Waals surface area contributed by atoms with Gasteiger partial charge >= 0.3 is 18.0 Å². The summed E-state index contributed by atoms with van der Waals surface area (Å²) < 4.78 is 14.5. The topological polar surface area (TPSA) is 247 Å². The van der Waals surface area contributed by atoms with Crippen LogP contribution in [-0.4, -0.2) is 55.6 Å². The number of nitrogens with two attached hydrogens (primary N) is 2. The summed E-state index contributed by atoms with van der Waals surface area (Å²) in [6.45, 7) is 0. The van der Waals surface area contributed by atoms with Gasteiger partial charge in [0, 0.05) is 12.5 Å². The normalized spacial score (nSPS) is 11.3. The molecule has 15 nitrogen and oxygen atoms in total. The van der Waals surface area contributed by atoms with Crippen molar-refractivity contribution < 1.29 is 33.8 Å². The molecule has 0 aliphatic carbocycles. The molecule has 0 saturated heterocycles. The third-order valence-electron chi connectivity index (χ3n) is 3.89. The van der Waals surface area contributed by atoms with Crippen molar-refractivity contribution in [2.45, 2.75) is 18.9 Å². The fourth-order valence-electron chi connectivity index (χ4n) is 2.51. The van der Waals surface area contributed by atoms with Crippen molar-refractivity contribution in [1.29, 1.82) is 0 Å². The molecule has 0 fully saturated rings. The van der Waals surface area contributed by atoms with Crippen LogP contribution in [0.25, 0.3) is 0 Å². The molecule has 32 heavy (non-hydrogen) atoms. The number of rotatable bonds is 9. The highest BCUT2D eigenvalue weighted by Gasteiger charge is 2.29. The number of nitrogens with zero attached hydrogens (tertiary/aromatic N) is 3. The Labute approximate surface area is 177 Å². The molecule has 170 valence electrons. The zero-order valence-corrected chi connectivity index (χ0v) is 16.0. The van der Waals surface area contributed by atoms with Crippen LogP contribution in [0, 0.1) is 5.82 Å². The number of halogens is 1. The van der Waals surface area contributed by atoms with Crippen LogP contribution in [0.4, 0.5) is 38.1 Å². The number of aromatic nitrogens is 3. The molecule has 2 aromatic rings. The van der Waals surface area contributed by atoms with Gasteiger partial charge in [-0.05, 0) is 6.42 Å². The molecule has 2 rings (SSSR count). The number of carboxylic acid groups (broad SMARTS) is 2. The Morgan fingerprint density at radius 2 is 1.97 bits per heavy atom. The van der Waals surface area contributed by atoms with E-state index in [1.165, 1.54) is 0 Å². The van der Waals surface area contributed by atoms with Gasteiger partial charge in [0.1, 0.15) is 6.04 Å². The maximum Gasteiger partial charge on any atom is 0.326 e. The largest absolute Gasteiger partial charge is 0.481 e. The van der Waals surface area contributed by atoms with Crippen molar-refractivity contribution in [3.63, 3.8) is 0 Å². The van der Waals surface area contributed by atoms with Gasteiger partial charge in [0.25, 0.3) is 5.56 Å². The maximum atomic E-state index is 14.5. The van der Waals surface area contributed by atoms with Crippen LogP contribution in [0.3, 0.4) is 0 Å². The van der Waals surface area contributed by atoms with Gasteiger partial charge in [-0.3, -0.25) is 29.6 Å². The first kappa shape index (κ1) is 23.5. The predicted molar refractivity (Wildman–Crippen MR) is 107 cm³/mol. The van der Waals surface area contributed by atoms with Crippen molar-refractivity contribution in [3.05, 3.63) is 28.4 Å². The van der Waals surface area contributed by atoms with E-state index >= 15 is 0 Å². The highest BCUT2D eigenvalue weighted by Crippen LogP contribution is 2.22. The number of pyridine rings is 1. The molecule has 0 aliphatic heterocycles. The molecule has 9 N–H and O–H groups in total. The molecule has 0 bridgehead atoms. The van der Waals surface area contributed by atoms with Gasteiger partial charge in [-0.25, -0.2) is 19.0 Å². The lowest BCUT2D eigenvalue weighted by Crippen LogP contribution is -2.42. The molecule has 0 aromatic carbocycles. The lowest BCUT2D eigenvalue weighted by atomic mass is 10.1. The monoisotopic (exact) mass is 452 g/mol. The van der Waals surface area contributed by atoms with Crippen molar-refractivity contribution in [1.82, 2.24) is 15.0 Å². The van der Waals surface area contributed by atoms with E-state index in [9.17, 15) is 33.5 Å². The van der Waals surface area contributed by atoms with Gasteiger partial charge in [0.2, 0.25) is 12.4 Å². The third kappa shape index (κ3) is 5.65. The van der Waals surface area contributed by atoms with Gasteiger partial charge in [-0.15, -0.1) is 0 Å². The second-order valence-electron chi connectivity index (χ2n) is 6.12. The predicted octanol–water partition coefficient (Wildman–Crippen LogP) is -0.607. The number of urea groups is 1. The highest BCUT2D eigenvalue weighted by molar-refractivity contribution is 6.01. The molecule has 3 amide bonds. The number of carbonyl (C=O) groups is 4. The number of carboxylic acids is 2. The van der Waals surface area contributed by atoms with Gasteiger partial charge in [0.05, 0.1) is 11.9 Å². The standard InChI is InChI=1S/C16H17FN8O7/c17-7-3-6(21-16(32)22-10-11(18)23-15(19)24-13(10)29)4-20-12(7)25(5-26)8(14(30)31)1-2-9(27)28/h3-5,8H,1-2H2,(H,27,28)(H,30,31)(H2,21,22,32)(H5,18,19,23,24,29)/t8-/m0/s1. The number of aliphatic carboxylic acids is 2. The molecule has 0 unspecified atom stereocenters. The van der Waals surface area contributed by atoms with Gasteiger partial charge in [-0.1, -0.05) is 0 Å². The first-order valence-corrected chi connectivity index (χ1v) is 8.60. The Hall–Kier alpha value is -4.76. The van der Waals surface area contributed by atoms with E-state index in [-0.39, 0.29) is 23.9 Å². The average molecular weight is 452 g/mol. The Morgan fingerprint density at radius 3 is 2.50 bits per heavy atom. The summed E-state index contributed by atoms with van der Waals surface area (Å²) in [6, 6.07) is -2.00. The molecule has 2 aromatic heterocycles.